The summed E-state index contributed by atoms with van der Waals surface area (Å²) >= 11 is 0. The SMILES string of the molecule is NS(=O)(=O)c1ccc(NC(=O)NCC2CCCC(CNC(=O)Nc3ccc(S(N)(=O)=O)cc3)C2)cc1. The molecular formula is C22H30N6O6S2. The summed E-state index contributed by atoms with van der Waals surface area (Å²) in [5.74, 6) is 0.518. The number of hydrogen-bond acceptors (Lipinski definition) is 6. The molecule has 0 aromatic heterocycles. The van der Waals surface area contributed by atoms with Crippen LogP contribution in [0.1, 0.15) is 25.7 Å². The molecule has 14 heteroatoms. The Hall–Kier alpha value is -3.20. The van der Waals surface area contributed by atoms with E-state index in [0.717, 1.165) is 25.7 Å². The molecule has 2 aromatic rings. The molecule has 1 aliphatic carbocycles. The fraction of sp³-hybridized carbons (Fsp3) is 0.364. The minimum absolute atomic E-state index is 0.0380. The molecule has 2 atom stereocenters. The number of nitrogens with two attached hydrogens (primary N) is 2. The monoisotopic (exact) mass is 538 g/mol. The molecule has 0 bridgehead atoms. The first-order chi connectivity index (χ1) is 16.9. The van der Waals surface area contributed by atoms with Gasteiger partial charge in [0.15, 0.2) is 0 Å². The van der Waals surface area contributed by atoms with Gasteiger partial charge in [-0.15, -0.1) is 0 Å². The van der Waals surface area contributed by atoms with Gasteiger partial charge in [0.05, 0.1) is 9.79 Å². The van der Waals surface area contributed by atoms with Gasteiger partial charge >= 0.3 is 12.1 Å². The van der Waals surface area contributed by atoms with Crippen molar-refractivity contribution < 1.29 is 26.4 Å². The summed E-state index contributed by atoms with van der Waals surface area (Å²) in [6.07, 6.45) is 3.74. The number of hydrogen-bond donors (Lipinski definition) is 6. The molecule has 3 rings (SSSR count). The number of primary sulfonamides is 2. The maximum Gasteiger partial charge on any atom is 0.319 e. The quantitative estimate of drug-likeness (QED) is 0.295. The average molecular weight is 539 g/mol. The Labute approximate surface area is 210 Å². The van der Waals surface area contributed by atoms with Crippen molar-refractivity contribution in [3.8, 4) is 0 Å². The molecule has 196 valence electrons. The smallest absolute Gasteiger partial charge is 0.319 e. The number of anilines is 2. The van der Waals surface area contributed by atoms with Crippen molar-refractivity contribution in [3.63, 3.8) is 0 Å². The second kappa shape index (κ2) is 11.7. The fourth-order valence-electron chi connectivity index (χ4n) is 4.05. The molecule has 4 amide bonds. The van der Waals surface area contributed by atoms with Crippen molar-refractivity contribution in [1.82, 2.24) is 10.6 Å². The number of sulfonamides is 2. The predicted molar refractivity (Wildman–Crippen MR) is 135 cm³/mol. The first-order valence-corrected chi connectivity index (χ1v) is 14.3. The number of urea groups is 2. The lowest BCUT2D eigenvalue weighted by Gasteiger charge is -2.29. The summed E-state index contributed by atoms with van der Waals surface area (Å²) in [6, 6.07) is 10.3. The molecule has 12 nitrogen and oxygen atoms in total. The van der Waals surface area contributed by atoms with E-state index in [0.29, 0.717) is 24.5 Å². The average Bonchev–Trinajstić information content (AvgIpc) is 2.81. The molecule has 2 unspecified atom stereocenters. The molecule has 1 saturated carbocycles. The van der Waals surface area contributed by atoms with E-state index in [1.165, 1.54) is 48.5 Å². The van der Waals surface area contributed by atoms with Gasteiger partial charge in [0.25, 0.3) is 0 Å². The number of carbonyl (C=O) groups is 2. The Morgan fingerprint density at radius 3 is 1.39 bits per heavy atom. The Kier molecular flexibility index (Phi) is 8.89. The van der Waals surface area contributed by atoms with E-state index in [4.69, 9.17) is 10.3 Å². The first kappa shape index (κ1) is 27.4. The van der Waals surface area contributed by atoms with E-state index in [1.807, 2.05) is 0 Å². The zero-order chi connectivity index (χ0) is 26.3. The van der Waals surface area contributed by atoms with Crippen molar-refractivity contribution >= 4 is 43.5 Å². The first-order valence-electron chi connectivity index (χ1n) is 11.3. The lowest BCUT2D eigenvalue weighted by Crippen LogP contribution is -2.38. The number of benzene rings is 2. The van der Waals surface area contributed by atoms with Crippen LogP contribution in [0.2, 0.25) is 0 Å². The zero-order valence-corrected chi connectivity index (χ0v) is 21.1. The number of nitrogens with one attached hydrogen (secondary N) is 4. The van der Waals surface area contributed by atoms with Gasteiger partial charge in [-0.1, -0.05) is 6.42 Å². The summed E-state index contributed by atoms with van der Waals surface area (Å²) < 4.78 is 45.2. The molecule has 0 radical (unpaired) electrons. The van der Waals surface area contributed by atoms with Crippen molar-refractivity contribution in [2.45, 2.75) is 35.5 Å². The predicted octanol–water partition coefficient (Wildman–Crippen LogP) is 1.73. The van der Waals surface area contributed by atoms with Gasteiger partial charge in [-0.3, -0.25) is 0 Å². The highest BCUT2D eigenvalue weighted by molar-refractivity contribution is 7.89. The molecular weight excluding hydrogens is 508 g/mol. The van der Waals surface area contributed by atoms with E-state index in [1.54, 1.807) is 0 Å². The van der Waals surface area contributed by atoms with Gasteiger partial charge in [0, 0.05) is 24.5 Å². The molecule has 8 N–H and O–H groups in total. The summed E-state index contributed by atoms with van der Waals surface area (Å²) in [6.45, 7) is 0.945. The van der Waals surface area contributed by atoms with Gasteiger partial charge in [0.2, 0.25) is 20.0 Å². The maximum atomic E-state index is 12.2. The number of rotatable bonds is 8. The summed E-state index contributed by atoms with van der Waals surface area (Å²) in [7, 11) is -7.59. The van der Waals surface area contributed by atoms with Crippen LogP contribution >= 0.6 is 0 Å². The van der Waals surface area contributed by atoms with E-state index < -0.39 is 32.1 Å². The van der Waals surface area contributed by atoms with Crippen LogP contribution in [0.25, 0.3) is 0 Å². The van der Waals surface area contributed by atoms with Crippen LogP contribution in [-0.2, 0) is 20.0 Å². The molecule has 1 fully saturated rings. The third-order valence-corrected chi connectivity index (χ3v) is 7.73. The van der Waals surface area contributed by atoms with Crippen LogP contribution in [0.3, 0.4) is 0 Å². The minimum atomic E-state index is -3.79. The highest BCUT2D eigenvalue weighted by Gasteiger charge is 2.23. The molecule has 2 aromatic carbocycles. The van der Waals surface area contributed by atoms with Crippen LogP contribution in [0.15, 0.2) is 58.3 Å². The van der Waals surface area contributed by atoms with Crippen molar-refractivity contribution in [2.75, 3.05) is 23.7 Å². The summed E-state index contributed by atoms with van der Waals surface area (Å²) in [4.78, 5) is 24.3. The van der Waals surface area contributed by atoms with Gasteiger partial charge in [-0.25, -0.2) is 36.7 Å². The standard InChI is InChI=1S/C22H30N6O6S2/c23-35(31,32)19-8-4-17(5-9-19)27-21(29)25-13-15-2-1-3-16(12-15)14-26-22(30)28-18-6-10-20(11-7-18)36(24,33)34/h4-11,15-16H,1-3,12-14H2,(H2,23,31,32)(H2,24,33,34)(H2,25,27,29)(H2,26,28,30). The molecule has 1 aliphatic rings. The third-order valence-electron chi connectivity index (χ3n) is 5.88. The Bertz CT molecular complexity index is 1180. The highest BCUT2D eigenvalue weighted by Crippen LogP contribution is 2.28. The zero-order valence-electron chi connectivity index (χ0n) is 19.4. The van der Waals surface area contributed by atoms with Crippen molar-refractivity contribution in [3.05, 3.63) is 48.5 Å². The van der Waals surface area contributed by atoms with Gasteiger partial charge < -0.3 is 21.3 Å². The van der Waals surface area contributed by atoms with E-state index in [9.17, 15) is 26.4 Å². The Morgan fingerprint density at radius 1 is 0.694 bits per heavy atom. The van der Waals surface area contributed by atoms with Crippen LogP contribution in [0.4, 0.5) is 21.0 Å². The van der Waals surface area contributed by atoms with Crippen LogP contribution in [0, 0.1) is 11.8 Å². The second-order valence-corrected chi connectivity index (χ2v) is 11.8. The van der Waals surface area contributed by atoms with Crippen LogP contribution in [-0.4, -0.2) is 42.0 Å². The van der Waals surface area contributed by atoms with E-state index >= 15 is 0 Å². The molecule has 0 heterocycles. The number of carbonyl (C=O) groups excluding carboxylic acids is 2. The molecule has 36 heavy (non-hydrogen) atoms. The van der Waals surface area contributed by atoms with Gasteiger partial charge in [0.1, 0.15) is 0 Å². The molecule has 0 spiro atoms. The van der Waals surface area contributed by atoms with Gasteiger partial charge in [-0.05, 0) is 79.6 Å². The largest absolute Gasteiger partial charge is 0.338 e. The normalized spacial score (nSPS) is 18.2. The summed E-state index contributed by atoms with van der Waals surface area (Å²) in [5, 5.41) is 21.1. The second-order valence-electron chi connectivity index (χ2n) is 8.71. The van der Waals surface area contributed by atoms with Crippen molar-refractivity contribution in [1.29, 1.82) is 0 Å². The van der Waals surface area contributed by atoms with Gasteiger partial charge in [-0.2, -0.15) is 0 Å². The lowest BCUT2D eigenvalue weighted by atomic mass is 9.81. The van der Waals surface area contributed by atoms with E-state index in [2.05, 4.69) is 21.3 Å². The minimum Gasteiger partial charge on any atom is -0.338 e. The topological polar surface area (TPSA) is 203 Å². The Balaban J connectivity index is 1.39. The molecule has 0 saturated heterocycles. The molecule has 0 aliphatic heterocycles. The van der Waals surface area contributed by atoms with Crippen molar-refractivity contribution in [2.24, 2.45) is 22.1 Å². The third kappa shape index (κ3) is 8.48. The van der Waals surface area contributed by atoms with E-state index in [-0.39, 0.29) is 21.6 Å². The van der Waals surface area contributed by atoms with Crippen LogP contribution < -0.4 is 31.5 Å². The number of amides is 4. The Morgan fingerprint density at radius 2 is 1.06 bits per heavy atom. The lowest BCUT2D eigenvalue weighted by molar-refractivity contribution is 0.230. The highest BCUT2D eigenvalue weighted by atomic mass is 32.2. The maximum absolute atomic E-state index is 12.2. The van der Waals surface area contributed by atoms with Crippen LogP contribution in [0.5, 0.6) is 0 Å². The summed E-state index contributed by atoms with van der Waals surface area (Å²) in [5.41, 5.74) is 0.881. The fourth-order valence-corrected chi connectivity index (χ4v) is 5.08.